The van der Waals surface area contributed by atoms with Gasteiger partial charge >= 0.3 is 6.18 Å². The zero-order chi connectivity index (χ0) is 31.0. The topological polar surface area (TPSA) is 94.0 Å². The zero-order valence-corrected chi connectivity index (χ0v) is 25.1. The Morgan fingerprint density at radius 1 is 1.00 bits per heavy atom. The van der Waals surface area contributed by atoms with Crippen LogP contribution >= 0.6 is 11.6 Å². The molecule has 1 N–H and O–H groups in total. The molecule has 5 aromatic rings. The number of hydrogen-bond acceptors (Lipinski definition) is 7. The van der Waals surface area contributed by atoms with Crippen LogP contribution in [0.15, 0.2) is 60.8 Å². The van der Waals surface area contributed by atoms with Crippen molar-refractivity contribution in [1.29, 1.82) is 0 Å². The smallest absolute Gasteiger partial charge is 0.435 e. The fourth-order valence-corrected chi connectivity index (χ4v) is 5.92. The molecule has 3 aromatic heterocycles. The highest BCUT2D eigenvalue weighted by Crippen LogP contribution is 2.32. The number of likely N-dealkylation sites (tertiary alicyclic amines) is 1. The predicted molar refractivity (Wildman–Crippen MR) is 162 cm³/mol. The summed E-state index contributed by atoms with van der Waals surface area (Å²) in [4.78, 5) is 16.3. The van der Waals surface area contributed by atoms with E-state index >= 15 is 0 Å². The van der Waals surface area contributed by atoms with Gasteiger partial charge in [-0.15, -0.1) is 0 Å². The van der Waals surface area contributed by atoms with Crippen molar-refractivity contribution in [2.75, 3.05) is 19.7 Å². The van der Waals surface area contributed by atoms with Crippen molar-refractivity contribution in [2.24, 2.45) is 0 Å². The number of nitrogens with zero attached hydrogens (tertiary/aromatic N) is 6. The van der Waals surface area contributed by atoms with E-state index in [9.17, 15) is 13.2 Å². The van der Waals surface area contributed by atoms with Gasteiger partial charge in [-0.2, -0.15) is 23.3 Å². The van der Waals surface area contributed by atoms with Crippen molar-refractivity contribution in [1.82, 2.24) is 34.6 Å². The number of aromatic amines is 1. The fraction of sp³-hybridized carbons (Fsp3) is 0.375. The predicted octanol–water partition coefficient (Wildman–Crippen LogP) is 6.31. The van der Waals surface area contributed by atoms with Gasteiger partial charge in [-0.3, -0.25) is 10.00 Å². The fourth-order valence-electron chi connectivity index (χ4n) is 5.79. The Kier molecular flexibility index (Phi) is 8.19. The van der Waals surface area contributed by atoms with Crippen molar-refractivity contribution in [3.05, 3.63) is 88.7 Å². The van der Waals surface area contributed by atoms with Gasteiger partial charge in [-0.1, -0.05) is 29.8 Å². The van der Waals surface area contributed by atoms with Crippen LogP contribution < -0.4 is 4.74 Å². The molecule has 0 saturated carbocycles. The number of aromatic nitrogens is 6. The molecule has 0 aliphatic carbocycles. The number of H-pyrrole nitrogens is 1. The van der Waals surface area contributed by atoms with Crippen molar-refractivity contribution < 1.29 is 22.6 Å². The number of rotatable bonds is 9. The van der Waals surface area contributed by atoms with Gasteiger partial charge in [0.15, 0.2) is 5.69 Å². The highest BCUT2D eigenvalue weighted by molar-refractivity contribution is 6.30. The Morgan fingerprint density at radius 3 is 2.51 bits per heavy atom. The van der Waals surface area contributed by atoms with Crippen LogP contribution in [0, 0.1) is 0 Å². The van der Waals surface area contributed by atoms with E-state index < -0.39 is 11.9 Å². The lowest BCUT2D eigenvalue weighted by Crippen LogP contribution is -2.39. The highest BCUT2D eigenvalue weighted by atomic mass is 35.5. The molecule has 2 aromatic carbocycles. The van der Waals surface area contributed by atoms with Crippen LogP contribution in [-0.4, -0.2) is 66.5 Å². The van der Waals surface area contributed by atoms with Gasteiger partial charge in [-0.25, -0.2) is 9.97 Å². The number of nitrogens with one attached hydrogen (secondary N) is 1. The molecule has 0 radical (unpaired) electrons. The molecule has 7 rings (SSSR count). The lowest BCUT2D eigenvalue weighted by atomic mass is 10.1. The van der Waals surface area contributed by atoms with Gasteiger partial charge in [0.05, 0.1) is 35.9 Å². The molecule has 0 bridgehead atoms. The van der Waals surface area contributed by atoms with Gasteiger partial charge in [0, 0.05) is 49.0 Å². The number of ether oxygens (including phenoxy) is 2. The van der Waals surface area contributed by atoms with E-state index in [-0.39, 0.29) is 12.2 Å². The SMILES string of the molecule is FC(F)(F)c1cc(-c2ccc3c(c2)nc(CN2CCC(Oc4ccnc(Cc5ccc(Cl)cc5)n4)CC2)n3C[C@@H]2CCO2)[nH]n1. The van der Waals surface area contributed by atoms with E-state index in [1.54, 1.807) is 18.3 Å². The molecule has 1 atom stereocenters. The molecular formula is C32H31ClF3N7O2. The summed E-state index contributed by atoms with van der Waals surface area (Å²) in [5.74, 6) is 2.17. The molecule has 45 heavy (non-hydrogen) atoms. The van der Waals surface area contributed by atoms with Crippen molar-refractivity contribution >= 4 is 22.6 Å². The molecule has 2 aliphatic heterocycles. The zero-order valence-electron chi connectivity index (χ0n) is 24.3. The van der Waals surface area contributed by atoms with E-state index in [1.807, 2.05) is 36.4 Å². The maximum atomic E-state index is 13.1. The summed E-state index contributed by atoms with van der Waals surface area (Å²) in [7, 11) is 0. The van der Waals surface area contributed by atoms with Crippen LogP contribution in [0.4, 0.5) is 13.2 Å². The first-order chi connectivity index (χ1) is 21.8. The molecule has 2 aliphatic rings. The second kappa shape index (κ2) is 12.4. The third-order valence-electron chi connectivity index (χ3n) is 8.33. The minimum atomic E-state index is -4.51. The number of imidazole rings is 1. The van der Waals surface area contributed by atoms with Gasteiger partial charge < -0.3 is 14.0 Å². The van der Waals surface area contributed by atoms with Crippen molar-refractivity contribution in [3.8, 4) is 17.1 Å². The number of fused-ring (bicyclic) bond motifs is 1. The Bertz CT molecular complexity index is 1780. The van der Waals surface area contributed by atoms with Crippen LogP contribution in [0.2, 0.25) is 5.02 Å². The molecule has 0 amide bonds. The van der Waals surface area contributed by atoms with Gasteiger partial charge in [-0.05, 0) is 55.2 Å². The number of piperidine rings is 1. The number of benzene rings is 2. The Hall–Kier alpha value is -4.00. The molecule has 0 spiro atoms. The molecule has 2 saturated heterocycles. The van der Waals surface area contributed by atoms with E-state index in [0.29, 0.717) is 47.5 Å². The molecule has 0 unspecified atom stereocenters. The summed E-state index contributed by atoms with van der Waals surface area (Å²) in [6.07, 6.45) is 0.648. The molecule has 13 heteroatoms. The highest BCUT2D eigenvalue weighted by Gasteiger charge is 2.34. The second-order valence-corrected chi connectivity index (χ2v) is 11.9. The number of halogens is 4. The third kappa shape index (κ3) is 6.82. The number of alkyl halides is 3. The summed E-state index contributed by atoms with van der Waals surface area (Å²) in [6.45, 7) is 3.73. The third-order valence-corrected chi connectivity index (χ3v) is 8.58. The maximum Gasteiger partial charge on any atom is 0.435 e. The van der Waals surface area contributed by atoms with Gasteiger partial charge in [0.2, 0.25) is 5.88 Å². The summed E-state index contributed by atoms with van der Waals surface area (Å²) in [6, 6.07) is 16.0. The van der Waals surface area contributed by atoms with E-state index in [1.165, 1.54) is 0 Å². The van der Waals surface area contributed by atoms with Gasteiger partial charge in [0.1, 0.15) is 17.8 Å². The molecule has 9 nitrogen and oxygen atoms in total. The average Bonchev–Trinajstić information content (AvgIpc) is 3.63. The van der Waals surface area contributed by atoms with E-state index in [4.69, 9.17) is 26.1 Å². The Balaban J connectivity index is 1.02. The normalized spacial score (nSPS) is 17.9. The van der Waals surface area contributed by atoms with Crippen LogP contribution in [0.5, 0.6) is 5.88 Å². The Labute approximate surface area is 262 Å². The summed E-state index contributed by atoms with van der Waals surface area (Å²) >= 11 is 6.00. The van der Waals surface area contributed by atoms with E-state index in [0.717, 1.165) is 67.4 Å². The first-order valence-electron chi connectivity index (χ1n) is 15.0. The quantitative estimate of drug-likeness (QED) is 0.202. The summed E-state index contributed by atoms with van der Waals surface area (Å²) in [5, 5.41) is 6.64. The maximum absolute atomic E-state index is 13.1. The van der Waals surface area contributed by atoms with Gasteiger partial charge in [0.25, 0.3) is 0 Å². The van der Waals surface area contributed by atoms with Crippen LogP contribution in [0.3, 0.4) is 0 Å². The molecule has 2 fully saturated rings. The minimum absolute atomic E-state index is 0.0419. The standard InChI is InChI=1S/C32H31ClF3N7O2/c33-22-4-1-20(2-5-22)15-29-37-11-7-31(39-29)45-23-8-12-42(13-9-23)19-30-38-26-16-21(25-17-28(41-40-25)32(34,35)36)3-6-27(26)43(30)18-24-10-14-44-24/h1-7,11,16-17,23-24H,8-10,12-15,18-19H2,(H,40,41)/t24-/m0/s1. The average molecular weight is 638 g/mol. The first kappa shape index (κ1) is 29.7. The first-order valence-corrected chi connectivity index (χ1v) is 15.3. The Morgan fingerprint density at radius 2 is 1.80 bits per heavy atom. The summed E-state index contributed by atoms with van der Waals surface area (Å²) < 4.78 is 53.5. The summed E-state index contributed by atoms with van der Waals surface area (Å²) in [5.41, 5.74) is 2.67. The minimum Gasteiger partial charge on any atom is -0.474 e. The lowest BCUT2D eigenvalue weighted by Gasteiger charge is -2.32. The van der Waals surface area contributed by atoms with Crippen LogP contribution in [0.1, 0.15) is 42.2 Å². The molecular weight excluding hydrogens is 607 g/mol. The second-order valence-electron chi connectivity index (χ2n) is 11.5. The molecule has 5 heterocycles. The van der Waals surface area contributed by atoms with Crippen molar-refractivity contribution in [2.45, 2.75) is 57.2 Å². The molecule has 234 valence electrons. The van der Waals surface area contributed by atoms with Crippen LogP contribution in [-0.2, 0) is 30.4 Å². The number of hydrogen-bond donors (Lipinski definition) is 1. The largest absolute Gasteiger partial charge is 0.474 e. The van der Waals surface area contributed by atoms with E-state index in [2.05, 4.69) is 29.6 Å². The van der Waals surface area contributed by atoms with Crippen LogP contribution in [0.25, 0.3) is 22.3 Å². The monoisotopic (exact) mass is 637 g/mol. The van der Waals surface area contributed by atoms with Crippen molar-refractivity contribution in [3.63, 3.8) is 0 Å². The lowest BCUT2D eigenvalue weighted by molar-refractivity contribution is -0.141.